The number of benzene rings is 4. The highest BCUT2D eigenvalue weighted by atomic mass is 19.3. The van der Waals surface area contributed by atoms with Crippen LogP contribution in [0.25, 0.3) is 0 Å². The van der Waals surface area contributed by atoms with Gasteiger partial charge in [0.15, 0.2) is 17.5 Å². The highest BCUT2D eigenvalue weighted by Gasteiger charge is 2.41. The van der Waals surface area contributed by atoms with E-state index in [0.29, 0.717) is 30.0 Å². The lowest BCUT2D eigenvalue weighted by atomic mass is 10.1. The zero-order chi connectivity index (χ0) is 29.7. The molecule has 0 atom stereocenters. The van der Waals surface area contributed by atoms with Gasteiger partial charge in [-0.3, -0.25) is 0 Å². The van der Waals surface area contributed by atoms with E-state index in [0.717, 1.165) is 36.4 Å². The topological polar surface area (TPSA) is 9.23 Å². The standard InChI is InChI=1S/C32H18F8O/c1-2-3-21-14-26(34)30(27(35)15-21)32(39,40)41-24-13-12-23(25(33)18-24)11-10-20-6-4-19(5-7-20)8-9-22-16-28(36)31(38)29(37)17-22/h4-7,12-18H,2-3H2,1H3. The van der Waals surface area contributed by atoms with Gasteiger partial charge in [0.1, 0.15) is 28.8 Å². The lowest BCUT2D eigenvalue weighted by Gasteiger charge is -2.20. The summed E-state index contributed by atoms with van der Waals surface area (Å²) in [5.74, 6) is 1.45. The molecule has 0 aliphatic rings. The van der Waals surface area contributed by atoms with E-state index in [1.807, 2.05) is 0 Å². The molecule has 0 fully saturated rings. The van der Waals surface area contributed by atoms with Gasteiger partial charge in [-0.2, -0.15) is 8.78 Å². The minimum atomic E-state index is -4.41. The van der Waals surface area contributed by atoms with Crippen molar-refractivity contribution in [1.82, 2.24) is 0 Å². The third-order valence-corrected chi connectivity index (χ3v) is 5.68. The summed E-state index contributed by atoms with van der Waals surface area (Å²) < 4.78 is 116. The van der Waals surface area contributed by atoms with Crippen LogP contribution in [0.1, 0.15) is 46.7 Å². The molecule has 0 aromatic heterocycles. The van der Waals surface area contributed by atoms with Crippen molar-refractivity contribution in [2.45, 2.75) is 25.9 Å². The Labute approximate surface area is 230 Å². The van der Waals surface area contributed by atoms with E-state index >= 15 is 0 Å². The number of hydrogen-bond donors (Lipinski definition) is 0. The second-order valence-corrected chi connectivity index (χ2v) is 8.78. The summed E-state index contributed by atoms with van der Waals surface area (Å²) in [6.45, 7) is 1.77. The van der Waals surface area contributed by atoms with E-state index < -0.39 is 52.3 Å². The zero-order valence-electron chi connectivity index (χ0n) is 21.2. The summed E-state index contributed by atoms with van der Waals surface area (Å²) in [5.41, 5.74) is -0.707. The molecule has 41 heavy (non-hydrogen) atoms. The first kappa shape index (κ1) is 29.2. The average molecular weight is 570 g/mol. The molecule has 0 amide bonds. The summed E-state index contributed by atoms with van der Waals surface area (Å²) in [7, 11) is 0. The highest BCUT2D eigenvalue weighted by Crippen LogP contribution is 2.36. The summed E-state index contributed by atoms with van der Waals surface area (Å²) in [5, 5.41) is 0. The van der Waals surface area contributed by atoms with Crippen molar-refractivity contribution in [2.75, 3.05) is 0 Å². The molecule has 0 bridgehead atoms. The molecule has 0 heterocycles. The van der Waals surface area contributed by atoms with Crippen molar-refractivity contribution in [1.29, 1.82) is 0 Å². The van der Waals surface area contributed by atoms with Gasteiger partial charge in [-0.25, -0.2) is 26.3 Å². The first-order valence-electron chi connectivity index (χ1n) is 12.1. The number of aryl methyl sites for hydroxylation is 1. The van der Waals surface area contributed by atoms with Crippen LogP contribution >= 0.6 is 0 Å². The van der Waals surface area contributed by atoms with Gasteiger partial charge in [-0.1, -0.05) is 37.0 Å². The SMILES string of the molecule is CCCc1cc(F)c(C(F)(F)Oc2ccc(C#Cc3ccc(C#Cc4cc(F)c(F)c(F)c4)cc3)c(F)c2)c(F)c1. The summed E-state index contributed by atoms with van der Waals surface area (Å²) >= 11 is 0. The minimum Gasteiger partial charge on any atom is -0.429 e. The van der Waals surface area contributed by atoms with E-state index in [2.05, 4.69) is 28.4 Å². The van der Waals surface area contributed by atoms with Crippen LogP contribution in [0.5, 0.6) is 5.75 Å². The van der Waals surface area contributed by atoms with E-state index in [1.54, 1.807) is 6.92 Å². The van der Waals surface area contributed by atoms with Crippen molar-refractivity contribution in [3.05, 3.63) is 135 Å². The lowest BCUT2D eigenvalue weighted by Crippen LogP contribution is -2.25. The molecular formula is C32H18F8O. The number of hydrogen-bond acceptors (Lipinski definition) is 1. The van der Waals surface area contributed by atoms with Gasteiger partial charge < -0.3 is 4.74 Å². The molecule has 0 aliphatic heterocycles. The predicted octanol–water partition coefficient (Wildman–Crippen LogP) is 8.40. The number of ether oxygens (including phenoxy) is 1. The summed E-state index contributed by atoms with van der Waals surface area (Å²) in [4.78, 5) is 0. The van der Waals surface area contributed by atoms with Crippen LogP contribution in [0.3, 0.4) is 0 Å². The molecule has 0 unspecified atom stereocenters. The molecule has 0 aliphatic carbocycles. The van der Waals surface area contributed by atoms with Gasteiger partial charge >= 0.3 is 6.11 Å². The molecular weight excluding hydrogens is 552 g/mol. The maximum absolute atomic E-state index is 14.6. The van der Waals surface area contributed by atoms with Crippen LogP contribution in [0.2, 0.25) is 0 Å². The molecule has 4 rings (SSSR count). The second kappa shape index (κ2) is 12.2. The summed E-state index contributed by atoms with van der Waals surface area (Å²) in [6, 6.07) is 12.0. The molecule has 208 valence electrons. The molecule has 0 radical (unpaired) electrons. The van der Waals surface area contributed by atoms with Gasteiger partial charge in [-0.15, -0.1) is 0 Å². The fraction of sp³-hybridized carbons (Fsp3) is 0.125. The Balaban J connectivity index is 1.47. The minimum absolute atomic E-state index is 0.0638. The van der Waals surface area contributed by atoms with Crippen molar-refractivity contribution >= 4 is 0 Å². The Bertz CT molecular complexity index is 1680. The third kappa shape index (κ3) is 7.06. The van der Waals surface area contributed by atoms with E-state index in [1.165, 1.54) is 24.3 Å². The molecule has 0 N–H and O–H groups in total. The Morgan fingerprint density at radius 3 is 1.68 bits per heavy atom. The average Bonchev–Trinajstić information content (AvgIpc) is 2.90. The Morgan fingerprint density at radius 2 is 1.15 bits per heavy atom. The highest BCUT2D eigenvalue weighted by molar-refractivity contribution is 5.49. The smallest absolute Gasteiger partial charge is 0.429 e. The number of rotatable bonds is 5. The van der Waals surface area contributed by atoms with Gasteiger partial charge in [-0.05, 0) is 72.6 Å². The molecule has 0 spiro atoms. The Morgan fingerprint density at radius 1 is 0.610 bits per heavy atom. The zero-order valence-corrected chi connectivity index (χ0v) is 21.2. The van der Waals surface area contributed by atoms with Crippen molar-refractivity contribution in [3.63, 3.8) is 0 Å². The van der Waals surface area contributed by atoms with Gasteiger partial charge in [0.25, 0.3) is 0 Å². The maximum Gasteiger partial charge on any atom is 0.432 e. The molecule has 4 aromatic rings. The largest absolute Gasteiger partial charge is 0.432 e. The molecule has 0 saturated heterocycles. The van der Waals surface area contributed by atoms with Crippen molar-refractivity contribution in [3.8, 4) is 29.4 Å². The van der Waals surface area contributed by atoms with Crippen LogP contribution in [-0.4, -0.2) is 0 Å². The first-order valence-corrected chi connectivity index (χ1v) is 12.1. The van der Waals surface area contributed by atoms with Gasteiger partial charge in [0, 0.05) is 22.8 Å². The van der Waals surface area contributed by atoms with E-state index in [9.17, 15) is 35.1 Å². The fourth-order valence-corrected chi connectivity index (χ4v) is 3.74. The van der Waals surface area contributed by atoms with E-state index in [-0.39, 0.29) is 16.7 Å². The van der Waals surface area contributed by atoms with Gasteiger partial charge in [0.2, 0.25) is 0 Å². The number of halogens is 8. The second-order valence-electron chi connectivity index (χ2n) is 8.78. The molecule has 9 heteroatoms. The molecule has 0 saturated carbocycles. The fourth-order valence-electron chi connectivity index (χ4n) is 3.74. The quantitative estimate of drug-likeness (QED) is 0.133. The Kier molecular flexibility index (Phi) is 8.68. The van der Waals surface area contributed by atoms with Crippen molar-refractivity contribution in [2.24, 2.45) is 0 Å². The van der Waals surface area contributed by atoms with Crippen LogP contribution in [0.15, 0.2) is 66.7 Å². The van der Waals surface area contributed by atoms with Crippen molar-refractivity contribution < 1.29 is 39.9 Å². The van der Waals surface area contributed by atoms with Crippen LogP contribution in [-0.2, 0) is 12.5 Å². The van der Waals surface area contributed by atoms with Gasteiger partial charge in [0.05, 0.1) is 5.56 Å². The van der Waals surface area contributed by atoms with Crippen LogP contribution in [0.4, 0.5) is 35.1 Å². The van der Waals surface area contributed by atoms with Crippen LogP contribution in [0, 0.1) is 58.6 Å². The normalized spacial score (nSPS) is 10.9. The number of alkyl halides is 2. The first-order chi connectivity index (χ1) is 19.5. The predicted molar refractivity (Wildman–Crippen MR) is 136 cm³/mol. The lowest BCUT2D eigenvalue weighted by molar-refractivity contribution is -0.189. The molecule has 4 aromatic carbocycles. The van der Waals surface area contributed by atoms with E-state index in [4.69, 9.17) is 0 Å². The Hall–Kier alpha value is -4.76. The maximum atomic E-state index is 14.6. The molecule has 1 nitrogen and oxygen atoms in total. The monoisotopic (exact) mass is 570 g/mol. The third-order valence-electron chi connectivity index (χ3n) is 5.68. The van der Waals surface area contributed by atoms with Crippen LogP contribution < -0.4 is 4.74 Å². The summed E-state index contributed by atoms with van der Waals surface area (Å²) in [6.07, 6.45) is -3.55.